The van der Waals surface area contributed by atoms with Crippen molar-refractivity contribution in [1.29, 1.82) is 0 Å². The largest absolute Gasteiger partial charge is 0.771 e. The topological polar surface area (TPSA) is 89.1 Å². The van der Waals surface area contributed by atoms with E-state index >= 15 is 0 Å². The van der Waals surface area contributed by atoms with Crippen LogP contribution in [0.1, 0.15) is 38.8 Å². The molecular formula is C22H31F3N3O3P. The van der Waals surface area contributed by atoms with Crippen LogP contribution in [0.3, 0.4) is 0 Å². The maximum atomic E-state index is 12.2. The maximum Gasteiger partial charge on any atom is 0.471 e. The second kappa shape index (κ2) is 12.7. The fourth-order valence-electron chi connectivity index (χ4n) is 2.59. The molecule has 1 amide bonds. The van der Waals surface area contributed by atoms with Crippen LogP contribution in [0.25, 0.3) is 0 Å². The number of halogens is 3. The lowest BCUT2D eigenvalue weighted by Gasteiger charge is -2.39. The molecule has 178 valence electrons. The predicted molar refractivity (Wildman–Crippen MR) is 116 cm³/mol. The van der Waals surface area contributed by atoms with Gasteiger partial charge >= 0.3 is 12.1 Å². The number of nitrogens with one attached hydrogen (secondary N) is 1. The van der Waals surface area contributed by atoms with Gasteiger partial charge in [0.15, 0.2) is 7.67 Å². The molecule has 0 radical (unpaired) electrons. The van der Waals surface area contributed by atoms with Gasteiger partial charge in [0.1, 0.15) is 6.54 Å². The highest BCUT2D eigenvalue weighted by molar-refractivity contribution is 7.52. The van der Waals surface area contributed by atoms with Gasteiger partial charge in [-0.05, 0) is 33.3 Å². The number of rotatable bonds is 8. The molecule has 2 aromatic rings. The molecule has 0 aliphatic rings. The van der Waals surface area contributed by atoms with E-state index in [1.165, 1.54) is 19.4 Å². The predicted octanol–water partition coefficient (Wildman–Crippen LogP) is 3.20. The Morgan fingerprint density at radius 2 is 1.47 bits per heavy atom. The minimum Gasteiger partial charge on any atom is -0.771 e. The number of carbonyl (C=O) groups excluding carboxylic acids is 1. The first-order valence-electron chi connectivity index (χ1n) is 10.2. The van der Waals surface area contributed by atoms with E-state index in [9.17, 15) is 27.4 Å². The molecule has 32 heavy (non-hydrogen) atoms. The van der Waals surface area contributed by atoms with E-state index in [-0.39, 0.29) is 6.54 Å². The number of amides is 1. The molecular weight excluding hydrogens is 442 g/mol. The van der Waals surface area contributed by atoms with Gasteiger partial charge in [0.2, 0.25) is 0 Å². The minimum atomic E-state index is -5.25. The van der Waals surface area contributed by atoms with Crippen LogP contribution >= 0.6 is 7.67 Å². The summed E-state index contributed by atoms with van der Waals surface area (Å²) in [6.07, 6.45) is -5.25. The lowest BCUT2D eigenvalue weighted by molar-refractivity contribution is -0.698. The first kappa shape index (κ1) is 27.8. The lowest BCUT2D eigenvalue weighted by atomic mass is 10.2. The smallest absolute Gasteiger partial charge is 0.471 e. The van der Waals surface area contributed by atoms with E-state index in [1.54, 1.807) is 30.3 Å². The molecule has 0 bridgehead atoms. The molecule has 10 heteroatoms. The molecule has 2 aromatic carbocycles. The Labute approximate surface area is 187 Å². The van der Waals surface area contributed by atoms with Crippen molar-refractivity contribution in [2.75, 3.05) is 0 Å². The average Bonchev–Trinajstić information content (AvgIpc) is 2.71. The van der Waals surface area contributed by atoms with Crippen LogP contribution in [0.15, 0.2) is 60.7 Å². The third-order valence-electron chi connectivity index (χ3n) is 4.29. The molecule has 0 saturated carbocycles. The normalized spacial score (nSPS) is 13.5. The molecule has 1 unspecified atom stereocenters. The third kappa shape index (κ3) is 10.4. The summed E-state index contributed by atoms with van der Waals surface area (Å²) in [5, 5.41) is 3.39. The van der Waals surface area contributed by atoms with Crippen molar-refractivity contribution in [2.45, 2.75) is 59.0 Å². The number of hydrogen-bond acceptors (Lipinski definition) is 3. The number of benzene rings is 2. The highest BCUT2D eigenvalue weighted by Gasteiger charge is 2.41. The minimum absolute atomic E-state index is 0.128. The van der Waals surface area contributed by atoms with Crippen molar-refractivity contribution in [1.82, 2.24) is 9.76 Å². The second-order valence-corrected chi connectivity index (χ2v) is 9.58. The SMILES string of the molecule is CC(C)N(Cc1ccccc1)P(=O)([O-])NC(=O)C(F)(F)F.CC(C)[NH2+]Cc1ccccc1. The van der Waals surface area contributed by atoms with Gasteiger partial charge in [-0.15, -0.1) is 0 Å². The van der Waals surface area contributed by atoms with Crippen molar-refractivity contribution < 1.29 is 32.7 Å². The molecule has 0 spiro atoms. The van der Waals surface area contributed by atoms with Gasteiger partial charge in [0.25, 0.3) is 0 Å². The maximum absolute atomic E-state index is 12.2. The Balaban J connectivity index is 0.000000389. The Morgan fingerprint density at radius 3 is 1.88 bits per heavy atom. The zero-order chi connectivity index (χ0) is 24.4. The summed E-state index contributed by atoms with van der Waals surface area (Å²) < 4.78 is 49.3. The average molecular weight is 473 g/mol. The van der Waals surface area contributed by atoms with Gasteiger partial charge in [0, 0.05) is 18.2 Å². The Bertz CT molecular complexity index is 863. The molecule has 0 aliphatic carbocycles. The van der Waals surface area contributed by atoms with E-state index in [2.05, 4.69) is 49.5 Å². The highest BCUT2D eigenvalue weighted by Crippen LogP contribution is 2.40. The van der Waals surface area contributed by atoms with Crippen molar-refractivity contribution in [2.24, 2.45) is 0 Å². The quantitative estimate of drug-likeness (QED) is 0.577. The number of alkyl halides is 3. The summed E-state index contributed by atoms with van der Waals surface area (Å²) >= 11 is 0. The number of nitrogens with two attached hydrogens (primary N) is 1. The van der Waals surface area contributed by atoms with Gasteiger partial charge in [-0.3, -0.25) is 14.4 Å². The van der Waals surface area contributed by atoms with E-state index in [0.717, 1.165) is 16.3 Å². The summed E-state index contributed by atoms with van der Waals surface area (Å²) in [5.74, 6) is -2.50. The summed E-state index contributed by atoms with van der Waals surface area (Å²) in [6, 6.07) is 19.0. The van der Waals surface area contributed by atoms with E-state index in [1.807, 2.05) is 0 Å². The fourth-order valence-corrected chi connectivity index (χ4v) is 4.06. The number of carbonyl (C=O) groups is 1. The molecule has 6 nitrogen and oxygen atoms in total. The number of nitrogens with zero attached hydrogens (tertiary/aromatic N) is 1. The number of hydrogen-bond donors (Lipinski definition) is 2. The van der Waals surface area contributed by atoms with Crippen LogP contribution < -0.4 is 15.3 Å². The Morgan fingerprint density at radius 1 is 1.00 bits per heavy atom. The summed E-state index contributed by atoms with van der Waals surface area (Å²) in [7, 11) is -4.91. The monoisotopic (exact) mass is 473 g/mol. The molecule has 3 N–H and O–H groups in total. The second-order valence-electron chi connectivity index (χ2n) is 7.81. The Kier molecular flexibility index (Phi) is 11.1. The van der Waals surface area contributed by atoms with Crippen LogP contribution in [0, 0.1) is 0 Å². The molecule has 2 rings (SSSR count). The van der Waals surface area contributed by atoms with Crippen LogP contribution in [0.2, 0.25) is 0 Å². The van der Waals surface area contributed by atoms with Crippen molar-refractivity contribution in [3.05, 3.63) is 71.8 Å². The van der Waals surface area contributed by atoms with Gasteiger partial charge in [-0.1, -0.05) is 60.7 Å². The van der Waals surface area contributed by atoms with Crippen LogP contribution in [-0.2, 0) is 22.4 Å². The fraction of sp³-hybridized carbons (Fsp3) is 0.409. The number of quaternary nitrogens is 1. The van der Waals surface area contributed by atoms with Crippen molar-refractivity contribution >= 4 is 13.6 Å². The van der Waals surface area contributed by atoms with Gasteiger partial charge in [-0.25, -0.2) is 4.67 Å². The first-order valence-corrected chi connectivity index (χ1v) is 11.8. The molecule has 1 atom stereocenters. The molecule has 0 saturated heterocycles. The van der Waals surface area contributed by atoms with E-state index < -0.39 is 25.8 Å². The van der Waals surface area contributed by atoms with E-state index in [4.69, 9.17) is 0 Å². The van der Waals surface area contributed by atoms with Gasteiger partial charge < -0.3 is 10.2 Å². The Hall–Kier alpha value is -2.19. The van der Waals surface area contributed by atoms with E-state index in [0.29, 0.717) is 11.6 Å². The summed E-state index contributed by atoms with van der Waals surface area (Å²) in [5.41, 5.74) is 2.00. The molecule has 0 heterocycles. The van der Waals surface area contributed by atoms with Crippen molar-refractivity contribution in [3.63, 3.8) is 0 Å². The van der Waals surface area contributed by atoms with Crippen molar-refractivity contribution in [3.8, 4) is 0 Å². The molecule has 0 fully saturated rings. The summed E-state index contributed by atoms with van der Waals surface area (Å²) in [6.45, 7) is 8.41. The molecule has 0 aromatic heterocycles. The first-order chi connectivity index (χ1) is 14.8. The van der Waals surface area contributed by atoms with Crippen LogP contribution in [0.4, 0.5) is 13.2 Å². The summed E-state index contributed by atoms with van der Waals surface area (Å²) in [4.78, 5) is 22.8. The molecule has 0 aliphatic heterocycles. The van der Waals surface area contributed by atoms with Gasteiger partial charge in [-0.2, -0.15) is 13.2 Å². The lowest BCUT2D eigenvalue weighted by Crippen LogP contribution is -2.86. The third-order valence-corrected chi connectivity index (χ3v) is 6.06. The zero-order valence-electron chi connectivity index (χ0n) is 18.7. The van der Waals surface area contributed by atoms with Crippen LogP contribution in [-0.4, -0.2) is 28.8 Å². The standard InChI is InChI=1S/C12H16F3N2O3P.C10H15N/c1-9(2)17(8-10-6-4-3-5-7-10)21(19,20)16-11(18)12(13,14)15;1-9(2)11-8-10-6-4-3-5-7-10/h3-7,9H,8H2,1-2H3,(H2,16,18,19,20);3-7,9,11H,8H2,1-2H3. The van der Waals surface area contributed by atoms with Gasteiger partial charge in [0.05, 0.1) is 6.04 Å². The zero-order valence-corrected chi connectivity index (χ0v) is 19.6. The van der Waals surface area contributed by atoms with Crippen LogP contribution in [0.5, 0.6) is 0 Å². The highest BCUT2D eigenvalue weighted by atomic mass is 31.2.